The second-order valence-corrected chi connectivity index (χ2v) is 4.30. The molecular weight excluding hydrogens is 247 g/mol. The number of carbonyl (C=O) groups is 1. The van der Waals surface area contributed by atoms with Gasteiger partial charge in [0.1, 0.15) is 6.04 Å². The molecular formula is C12H12F3NO2. The molecule has 0 spiro atoms. The van der Waals surface area contributed by atoms with Crippen molar-refractivity contribution in [2.75, 3.05) is 0 Å². The second-order valence-electron chi connectivity index (χ2n) is 4.30. The van der Waals surface area contributed by atoms with Crippen LogP contribution in [0, 0.1) is 0 Å². The molecule has 18 heavy (non-hydrogen) atoms. The molecule has 2 rings (SSSR count). The number of carboxylic acids is 1. The van der Waals surface area contributed by atoms with Crippen LogP contribution in [0.25, 0.3) is 0 Å². The van der Waals surface area contributed by atoms with Crippen molar-refractivity contribution in [3.63, 3.8) is 0 Å². The van der Waals surface area contributed by atoms with E-state index in [0.717, 1.165) is 18.9 Å². The van der Waals surface area contributed by atoms with E-state index in [2.05, 4.69) is 5.32 Å². The summed E-state index contributed by atoms with van der Waals surface area (Å²) in [6.07, 6.45) is -2.94. The van der Waals surface area contributed by atoms with Crippen LogP contribution >= 0.6 is 0 Å². The van der Waals surface area contributed by atoms with Crippen LogP contribution in [0.1, 0.15) is 30.0 Å². The Morgan fingerprint density at radius 2 is 1.94 bits per heavy atom. The second kappa shape index (κ2) is 4.61. The average Bonchev–Trinajstić information content (AvgIpc) is 3.08. The molecule has 98 valence electrons. The van der Waals surface area contributed by atoms with Crippen molar-refractivity contribution in [3.8, 4) is 0 Å². The molecule has 0 saturated heterocycles. The summed E-state index contributed by atoms with van der Waals surface area (Å²) in [4.78, 5) is 11.1. The number of hydrogen-bond acceptors (Lipinski definition) is 2. The highest BCUT2D eigenvalue weighted by atomic mass is 19.4. The number of hydrogen-bond donors (Lipinski definition) is 2. The number of alkyl halides is 3. The number of benzene rings is 1. The lowest BCUT2D eigenvalue weighted by molar-refractivity contribution is -0.142. The maximum atomic E-state index is 12.8. The fraction of sp³-hybridized carbons (Fsp3) is 0.417. The number of rotatable bonds is 4. The van der Waals surface area contributed by atoms with Crippen molar-refractivity contribution in [1.29, 1.82) is 0 Å². The summed E-state index contributed by atoms with van der Waals surface area (Å²) in [5.74, 6) is -1.29. The van der Waals surface area contributed by atoms with E-state index in [-0.39, 0.29) is 11.6 Å². The molecule has 1 unspecified atom stereocenters. The fourth-order valence-electron chi connectivity index (χ4n) is 1.79. The molecule has 0 bridgehead atoms. The van der Waals surface area contributed by atoms with Crippen molar-refractivity contribution in [3.05, 3.63) is 35.4 Å². The highest BCUT2D eigenvalue weighted by Crippen LogP contribution is 2.35. The third-order valence-electron chi connectivity index (χ3n) is 2.80. The van der Waals surface area contributed by atoms with Gasteiger partial charge >= 0.3 is 12.1 Å². The molecule has 6 heteroatoms. The van der Waals surface area contributed by atoms with Gasteiger partial charge < -0.3 is 5.11 Å². The number of nitrogens with one attached hydrogen (secondary N) is 1. The maximum Gasteiger partial charge on any atom is 0.416 e. The number of carboxylic acid groups (broad SMARTS) is 1. The van der Waals surface area contributed by atoms with E-state index in [4.69, 9.17) is 5.11 Å². The van der Waals surface area contributed by atoms with Gasteiger partial charge in [0.05, 0.1) is 5.56 Å². The van der Waals surface area contributed by atoms with Gasteiger partial charge in [-0.15, -0.1) is 0 Å². The van der Waals surface area contributed by atoms with Gasteiger partial charge in [0.2, 0.25) is 0 Å². The molecule has 0 aliphatic heterocycles. The molecule has 2 N–H and O–H groups in total. The normalized spacial score (nSPS) is 17.5. The largest absolute Gasteiger partial charge is 0.480 e. The van der Waals surface area contributed by atoms with Gasteiger partial charge in [0.15, 0.2) is 0 Å². The summed E-state index contributed by atoms with van der Waals surface area (Å²) in [6.45, 7) is 0. The smallest absolute Gasteiger partial charge is 0.416 e. The Hall–Kier alpha value is -1.56. The molecule has 1 aromatic carbocycles. The van der Waals surface area contributed by atoms with Crippen molar-refractivity contribution in [2.45, 2.75) is 31.1 Å². The third kappa shape index (κ3) is 2.81. The van der Waals surface area contributed by atoms with Gasteiger partial charge in [-0.2, -0.15) is 13.2 Å². The monoisotopic (exact) mass is 259 g/mol. The molecule has 1 saturated carbocycles. The summed E-state index contributed by atoms with van der Waals surface area (Å²) in [7, 11) is 0. The lowest BCUT2D eigenvalue weighted by Gasteiger charge is -2.19. The molecule has 1 aromatic rings. The minimum absolute atomic E-state index is 0.00684. The summed E-state index contributed by atoms with van der Waals surface area (Å²) in [6, 6.07) is 3.47. The van der Waals surface area contributed by atoms with Gasteiger partial charge in [0.25, 0.3) is 0 Å². The lowest BCUT2D eigenvalue weighted by atomic mass is 10.00. The summed E-state index contributed by atoms with van der Waals surface area (Å²) < 4.78 is 38.4. The predicted octanol–water partition coefficient (Wildman–Crippen LogP) is 2.58. The van der Waals surface area contributed by atoms with Crippen LogP contribution in [0.4, 0.5) is 13.2 Å². The Morgan fingerprint density at radius 1 is 1.33 bits per heavy atom. The number of aliphatic carboxylic acids is 1. The minimum atomic E-state index is -4.55. The SMILES string of the molecule is O=C(O)C(NC1CC1)c1ccccc1C(F)(F)F. The maximum absolute atomic E-state index is 12.8. The topological polar surface area (TPSA) is 49.3 Å². The van der Waals surface area contributed by atoms with Crippen molar-refractivity contribution in [1.82, 2.24) is 5.32 Å². The Kier molecular flexibility index (Phi) is 3.30. The van der Waals surface area contributed by atoms with Crippen LogP contribution < -0.4 is 5.32 Å². The van der Waals surface area contributed by atoms with Crippen LogP contribution in [0.2, 0.25) is 0 Å². The van der Waals surface area contributed by atoms with Crippen LogP contribution in [0.3, 0.4) is 0 Å². The van der Waals surface area contributed by atoms with Gasteiger partial charge in [-0.1, -0.05) is 18.2 Å². The average molecular weight is 259 g/mol. The quantitative estimate of drug-likeness (QED) is 0.873. The van der Waals surface area contributed by atoms with Crippen LogP contribution in [-0.4, -0.2) is 17.1 Å². The summed E-state index contributed by atoms with van der Waals surface area (Å²) in [5.41, 5.74) is -1.13. The minimum Gasteiger partial charge on any atom is -0.480 e. The third-order valence-corrected chi connectivity index (χ3v) is 2.80. The van der Waals surface area contributed by atoms with Crippen molar-refractivity contribution < 1.29 is 23.1 Å². The molecule has 0 aromatic heterocycles. The Balaban J connectivity index is 2.37. The van der Waals surface area contributed by atoms with Gasteiger partial charge in [-0.25, -0.2) is 0 Å². The van der Waals surface area contributed by atoms with Crippen LogP contribution in [0.15, 0.2) is 24.3 Å². The van der Waals surface area contributed by atoms with E-state index in [1.807, 2.05) is 0 Å². The molecule has 0 radical (unpaired) electrons. The van der Waals surface area contributed by atoms with Gasteiger partial charge in [0, 0.05) is 6.04 Å². The van der Waals surface area contributed by atoms with Crippen molar-refractivity contribution >= 4 is 5.97 Å². The lowest BCUT2D eigenvalue weighted by Crippen LogP contribution is -2.32. The fourth-order valence-corrected chi connectivity index (χ4v) is 1.79. The summed E-state index contributed by atoms with van der Waals surface area (Å²) >= 11 is 0. The molecule has 0 amide bonds. The van der Waals surface area contributed by atoms with Crippen LogP contribution in [-0.2, 0) is 11.0 Å². The van der Waals surface area contributed by atoms with E-state index in [0.29, 0.717) is 0 Å². The highest BCUT2D eigenvalue weighted by molar-refractivity contribution is 5.76. The molecule has 1 aliphatic carbocycles. The first-order chi connectivity index (χ1) is 8.39. The zero-order valence-electron chi connectivity index (χ0n) is 9.37. The molecule has 1 atom stereocenters. The molecule has 3 nitrogen and oxygen atoms in total. The highest BCUT2D eigenvalue weighted by Gasteiger charge is 2.38. The van der Waals surface area contributed by atoms with Crippen LogP contribution in [0.5, 0.6) is 0 Å². The van der Waals surface area contributed by atoms with E-state index >= 15 is 0 Å². The molecule has 1 fully saturated rings. The Labute approximate surface area is 102 Å². The van der Waals surface area contributed by atoms with E-state index < -0.39 is 23.8 Å². The van der Waals surface area contributed by atoms with E-state index in [1.165, 1.54) is 18.2 Å². The zero-order valence-corrected chi connectivity index (χ0v) is 9.37. The first-order valence-corrected chi connectivity index (χ1v) is 5.54. The first kappa shape index (κ1) is 12.9. The molecule has 0 heterocycles. The van der Waals surface area contributed by atoms with E-state index in [1.54, 1.807) is 0 Å². The molecule has 1 aliphatic rings. The number of halogens is 3. The Morgan fingerprint density at radius 3 is 2.44 bits per heavy atom. The zero-order chi connectivity index (χ0) is 13.3. The first-order valence-electron chi connectivity index (χ1n) is 5.54. The Bertz CT molecular complexity index is 455. The standard InChI is InChI=1S/C12H12F3NO2/c13-12(14,15)9-4-2-1-3-8(9)10(11(17)18)16-7-5-6-7/h1-4,7,10,16H,5-6H2,(H,17,18). The predicted molar refractivity (Wildman–Crippen MR) is 58.0 cm³/mol. The summed E-state index contributed by atoms with van der Waals surface area (Å²) in [5, 5.41) is 11.8. The van der Waals surface area contributed by atoms with Gasteiger partial charge in [-0.05, 0) is 24.5 Å². The van der Waals surface area contributed by atoms with Crippen molar-refractivity contribution in [2.24, 2.45) is 0 Å². The van der Waals surface area contributed by atoms with E-state index in [9.17, 15) is 18.0 Å². The van der Waals surface area contributed by atoms with Gasteiger partial charge in [-0.3, -0.25) is 10.1 Å².